The van der Waals surface area contributed by atoms with Gasteiger partial charge in [0.05, 0.1) is 12.6 Å². The number of aryl methyl sites for hydroxylation is 1. The van der Waals surface area contributed by atoms with Gasteiger partial charge in [0, 0.05) is 6.54 Å². The Bertz CT molecular complexity index is 477. The lowest BCUT2D eigenvalue weighted by Crippen LogP contribution is -2.40. The maximum atomic E-state index is 12.7. The van der Waals surface area contributed by atoms with Crippen molar-refractivity contribution in [2.75, 3.05) is 18.9 Å². The minimum Gasteiger partial charge on any atom is -0.394 e. The van der Waals surface area contributed by atoms with Gasteiger partial charge in [-0.3, -0.25) is 4.79 Å². The van der Waals surface area contributed by atoms with E-state index in [-0.39, 0.29) is 23.8 Å². The first-order valence-electron chi connectivity index (χ1n) is 6.92. The van der Waals surface area contributed by atoms with Crippen molar-refractivity contribution in [2.24, 2.45) is 0 Å². The van der Waals surface area contributed by atoms with Crippen LogP contribution >= 0.6 is 11.8 Å². The molecule has 0 saturated carbocycles. The molecule has 0 aromatic heterocycles. The van der Waals surface area contributed by atoms with Crippen LogP contribution in [0.5, 0.6) is 0 Å². The van der Waals surface area contributed by atoms with E-state index in [4.69, 9.17) is 0 Å². The van der Waals surface area contributed by atoms with Crippen molar-refractivity contribution in [1.29, 1.82) is 0 Å². The van der Waals surface area contributed by atoms with Crippen LogP contribution in [0.25, 0.3) is 0 Å². The molecular formula is C15H19NO2S. The fourth-order valence-corrected chi connectivity index (χ4v) is 4.33. The monoisotopic (exact) mass is 277 g/mol. The summed E-state index contributed by atoms with van der Waals surface area (Å²) in [7, 11) is 0. The number of rotatable bonds is 2. The van der Waals surface area contributed by atoms with Crippen molar-refractivity contribution in [3.8, 4) is 0 Å². The van der Waals surface area contributed by atoms with Gasteiger partial charge in [0.2, 0.25) is 5.91 Å². The fourth-order valence-electron chi connectivity index (χ4n) is 3.06. The second kappa shape index (κ2) is 5.55. The Balaban J connectivity index is 1.85. The summed E-state index contributed by atoms with van der Waals surface area (Å²) in [6, 6.07) is 8.29. The molecule has 1 aromatic carbocycles. The molecule has 2 atom stereocenters. The van der Waals surface area contributed by atoms with Crippen LogP contribution in [-0.2, 0) is 11.2 Å². The Kier molecular flexibility index (Phi) is 3.80. The Labute approximate surface area is 118 Å². The summed E-state index contributed by atoms with van der Waals surface area (Å²) >= 11 is 1.74. The third-order valence-corrected chi connectivity index (χ3v) is 5.32. The van der Waals surface area contributed by atoms with Crippen molar-refractivity contribution in [3.05, 3.63) is 35.4 Å². The van der Waals surface area contributed by atoms with Gasteiger partial charge in [0.1, 0.15) is 5.25 Å². The maximum Gasteiger partial charge on any atom is 0.240 e. The Morgan fingerprint density at radius 1 is 1.42 bits per heavy atom. The Morgan fingerprint density at radius 3 is 3.11 bits per heavy atom. The van der Waals surface area contributed by atoms with E-state index in [2.05, 4.69) is 12.1 Å². The van der Waals surface area contributed by atoms with Crippen LogP contribution in [0, 0.1) is 0 Å². The third kappa shape index (κ3) is 2.39. The molecule has 0 aliphatic carbocycles. The Hall–Kier alpha value is -1.00. The predicted molar refractivity (Wildman–Crippen MR) is 77.2 cm³/mol. The molecule has 2 heterocycles. The van der Waals surface area contributed by atoms with Crippen molar-refractivity contribution >= 4 is 17.7 Å². The maximum absolute atomic E-state index is 12.7. The molecule has 0 radical (unpaired) electrons. The lowest BCUT2D eigenvalue weighted by atomic mass is 10.0. The molecule has 3 rings (SSSR count). The van der Waals surface area contributed by atoms with E-state index in [0.717, 1.165) is 31.6 Å². The second-order valence-corrected chi connectivity index (χ2v) is 6.42. The largest absolute Gasteiger partial charge is 0.394 e. The van der Waals surface area contributed by atoms with E-state index < -0.39 is 0 Å². The van der Waals surface area contributed by atoms with Gasteiger partial charge < -0.3 is 10.0 Å². The highest BCUT2D eigenvalue weighted by Crippen LogP contribution is 2.39. The smallest absolute Gasteiger partial charge is 0.240 e. The quantitative estimate of drug-likeness (QED) is 0.899. The number of carbonyl (C=O) groups is 1. The summed E-state index contributed by atoms with van der Waals surface area (Å²) < 4.78 is 0. The molecule has 2 aliphatic heterocycles. The highest BCUT2D eigenvalue weighted by molar-refractivity contribution is 8.00. The van der Waals surface area contributed by atoms with E-state index in [0.29, 0.717) is 0 Å². The van der Waals surface area contributed by atoms with Crippen molar-refractivity contribution < 1.29 is 9.90 Å². The van der Waals surface area contributed by atoms with Crippen LogP contribution < -0.4 is 0 Å². The van der Waals surface area contributed by atoms with Crippen LogP contribution in [0.1, 0.15) is 29.2 Å². The first-order valence-corrected chi connectivity index (χ1v) is 7.97. The van der Waals surface area contributed by atoms with Gasteiger partial charge in [-0.05, 0) is 36.1 Å². The summed E-state index contributed by atoms with van der Waals surface area (Å²) in [5.41, 5.74) is 2.48. The number of likely N-dealkylation sites (tertiary alicyclic amines) is 1. The van der Waals surface area contributed by atoms with Gasteiger partial charge in [-0.1, -0.05) is 24.3 Å². The number of thioether (sulfide) groups is 1. The highest BCUT2D eigenvalue weighted by atomic mass is 32.2. The topological polar surface area (TPSA) is 40.5 Å². The molecule has 2 aliphatic rings. The lowest BCUT2D eigenvalue weighted by Gasteiger charge is -2.31. The molecule has 1 fully saturated rings. The van der Waals surface area contributed by atoms with E-state index >= 15 is 0 Å². The van der Waals surface area contributed by atoms with Crippen molar-refractivity contribution in [3.63, 3.8) is 0 Å². The molecule has 1 aromatic rings. The van der Waals surface area contributed by atoms with Crippen LogP contribution in [0.3, 0.4) is 0 Å². The van der Waals surface area contributed by atoms with Gasteiger partial charge in [-0.15, -0.1) is 11.8 Å². The predicted octanol–water partition coefficient (Wildman–Crippen LogP) is 2.00. The zero-order valence-corrected chi connectivity index (χ0v) is 11.7. The standard InChI is InChI=1S/C15H19NO2S/c17-10-12-5-3-8-16(12)15(18)14-13-6-2-1-4-11(13)7-9-19-14/h1-2,4,6,12,14,17H,3,5,7-10H2. The number of hydrogen-bond acceptors (Lipinski definition) is 3. The highest BCUT2D eigenvalue weighted by Gasteiger charge is 2.35. The number of benzene rings is 1. The van der Waals surface area contributed by atoms with Crippen LogP contribution in [-0.4, -0.2) is 40.9 Å². The number of nitrogens with zero attached hydrogens (tertiary/aromatic N) is 1. The normalized spacial score (nSPS) is 26.3. The van der Waals surface area contributed by atoms with Gasteiger partial charge in [0.25, 0.3) is 0 Å². The average Bonchev–Trinajstić information content (AvgIpc) is 2.94. The zero-order chi connectivity index (χ0) is 13.2. The summed E-state index contributed by atoms with van der Waals surface area (Å²) in [5.74, 6) is 1.19. The molecule has 2 unspecified atom stereocenters. The van der Waals surface area contributed by atoms with Crippen molar-refractivity contribution in [2.45, 2.75) is 30.6 Å². The number of fused-ring (bicyclic) bond motifs is 1. The van der Waals surface area contributed by atoms with Crippen LogP contribution in [0.4, 0.5) is 0 Å². The number of aliphatic hydroxyl groups excluding tert-OH is 1. The summed E-state index contributed by atoms with van der Waals surface area (Å²) in [5, 5.41) is 9.31. The summed E-state index contributed by atoms with van der Waals surface area (Å²) in [6.45, 7) is 0.883. The minimum absolute atomic E-state index is 0.0298. The number of carbonyl (C=O) groups excluding carboxylic acids is 1. The zero-order valence-electron chi connectivity index (χ0n) is 10.9. The lowest BCUT2D eigenvalue weighted by molar-refractivity contribution is -0.132. The van der Waals surface area contributed by atoms with Crippen molar-refractivity contribution in [1.82, 2.24) is 4.90 Å². The van der Waals surface area contributed by atoms with E-state index in [1.807, 2.05) is 17.0 Å². The number of amides is 1. The first kappa shape index (κ1) is 13.0. The molecule has 3 nitrogen and oxygen atoms in total. The van der Waals surface area contributed by atoms with Gasteiger partial charge in [-0.2, -0.15) is 0 Å². The molecule has 4 heteroatoms. The average molecular weight is 277 g/mol. The van der Waals surface area contributed by atoms with Crippen LogP contribution in [0.2, 0.25) is 0 Å². The van der Waals surface area contributed by atoms with E-state index in [1.54, 1.807) is 11.8 Å². The fraction of sp³-hybridized carbons (Fsp3) is 0.533. The Morgan fingerprint density at radius 2 is 2.26 bits per heavy atom. The molecular weight excluding hydrogens is 258 g/mol. The van der Waals surface area contributed by atoms with E-state index in [9.17, 15) is 9.90 Å². The molecule has 102 valence electrons. The first-order chi connectivity index (χ1) is 9.31. The minimum atomic E-state index is -0.0721. The second-order valence-electron chi connectivity index (χ2n) is 5.21. The molecule has 1 amide bonds. The molecule has 19 heavy (non-hydrogen) atoms. The third-order valence-electron chi connectivity index (χ3n) is 4.09. The van der Waals surface area contributed by atoms with Gasteiger partial charge in [-0.25, -0.2) is 0 Å². The molecule has 0 spiro atoms. The van der Waals surface area contributed by atoms with Crippen LogP contribution in [0.15, 0.2) is 24.3 Å². The summed E-state index contributed by atoms with van der Waals surface area (Å²) in [4.78, 5) is 14.6. The molecule has 1 N–H and O–H groups in total. The van der Waals surface area contributed by atoms with Gasteiger partial charge >= 0.3 is 0 Å². The number of hydrogen-bond donors (Lipinski definition) is 1. The summed E-state index contributed by atoms with van der Waals surface area (Å²) in [6.07, 6.45) is 2.99. The number of aliphatic hydroxyl groups is 1. The SMILES string of the molecule is O=C(C1SCCc2ccccc21)N1CCCC1CO. The van der Waals surface area contributed by atoms with E-state index in [1.165, 1.54) is 11.1 Å². The molecule has 0 bridgehead atoms. The van der Waals surface area contributed by atoms with Gasteiger partial charge in [0.15, 0.2) is 0 Å². The molecule has 1 saturated heterocycles.